The summed E-state index contributed by atoms with van der Waals surface area (Å²) in [6.45, 7) is 13.9. The predicted molar refractivity (Wildman–Crippen MR) is 194 cm³/mol. The molecule has 52 heavy (non-hydrogen) atoms. The van der Waals surface area contributed by atoms with E-state index >= 15 is 0 Å². The average molecular weight is 721 g/mol. The number of nitrogens with one attached hydrogen (secondary N) is 4. The van der Waals surface area contributed by atoms with Gasteiger partial charge in [-0.25, -0.2) is 8.78 Å². The van der Waals surface area contributed by atoms with E-state index < -0.39 is 46.6 Å². The standard InChI is InChI=1S/C19H24FN3O3.C19H22FN3O3/c2*1-11-8-13(6-7-14(11)20)21-17(25)15-9-12(10-23(15)5)16(24)18(26)22-19(2,3)4/h6-10,16,24H,1-5H3,(H,21,25)(H,22,26);6-10H,1-5H3,(H,21,25)(H,22,26). The molecule has 4 rings (SSSR count). The number of Topliss-reactive ketones (excluding diaryl/α,β-unsaturated/α-hetero) is 1. The van der Waals surface area contributed by atoms with Crippen LogP contribution in [0.5, 0.6) is 0 Å². The van der Waals surface area contributed by atoms with Crippen LogP contribution in [0.4, 0.5) is 20.2 Å². The first kappa shape index (κ1) is 40.8. The minimum absolute atomic E-state index is 0.120. The SMILES string of the molecule is Cc1cc(NC(=O)c2cc(C(=O)C(=O)NC(C)(C)C)cn2C)ccc1F.Cc1cc(NC(=O)c2cc(C(O)C(=O)NC(C)(C)C)cn2C)ccc1F. The van der Waals surface area contributed by atoms with Crippen LogP contribution in [0.3, 0.4) is 0 Å². The van der Waals surface area contributed by atoms with Crippen LogP contribution in [0.2, 0.25) is 0 Å². The van der Waals surface area contributed by atoms with Crippen LogP contribution in [0.25, 0.3) is 0 Å². The quantitative estimate of drug-likeness (QED) is 0.119. The normalized spacial score (nSPS) is 11.9. The molecule has 2 aromatic heterocycles. The lowest BCUT2D eigenvalue weighted by Crippen LogP contribution is -2.44. The van der Waals surface area contributed by atoms with Crippen LogP contribution >= 0.6 is 0 Å². The number of aryl methyl sites for hydroxylation is 4. The Morgan fingerprint density at radius 2 is 1.12 bits per heavy atom. The molecule has 0 aliphatic carbocycles. The maximum atomic E-state index is 13.3. The zero-order chi connectivity index (χ0) is 39.3. The first-order chi connectivity index (χ1) is 24.0. The van der Waals surface area contributed by atoms with Gasteiger partial charge in [0.05, 0.1) is 0 Å². The van der Waals surface area contributed by atoms with E-state index in [1.165, 1.54) is 70.1 Å². The number of benzene rings is 2. The zero-order valence-electron chi connectivity index (χ0n) is 31.0. The Hall–Kier alpha value is -5.63. The minimum Gasteiger partial charge on any atom is -0.378 e. The highest BCUT2D eigenvalue weighted by Crippen LogP contribution is 2.20. The molecule has 0 radical (unpaired) electrons. The number of hydrogen-bond donors (Lipinski definition) is 5. The molecule has 0 aliphatic heterocycles. The molecule has 4 aromatic rings. The van der Waals surface area contributed by atoms with E-state index in [-0.39, 0.29) is 28.6 Å². The van der Waals surface area contributed by atoms with Gasteiger partial charge in [0.1, 0.15) is 23.0 Å². The van der Waals surface area contributed by atoms with Crippen molar-refractivity contribution < 1.29 is 37.9 Å². The maximum absolute atomic E-state index is 13.3. The van der Waals surface area contributed by atoms with Gasteiger partial charge in [0.2, 0.25) is 0 Å². The van der Waals surface area contributed by atoms with Crippen molar-refractivity contribution in [1.82, 2.24) is 19.8 Å². The van der Waals surface area contributed by atoms with Gasteiger partial charge < -0.3 is 35.5 Å². The Bertz CT molecular complexity index is 2000. The fourth-order valence-electron chi connectivity index (χ4n) is 4.83. The fourth-order valence-corrected chi connectivity index (χ4v) is 4.83. The van der Waals surface area contributed by atoms with Crippen LogP contribution in [-0.4, -0.2) is 54.7 Å². The Balaban J connectivity index is 0.000000280. The van der Waals surface area contributed by atoms with Gasteiger partial charge in [-0.15, -0.1) is 0 Å². The van der Waals surface area contributed by atoms with Gasteiger partial charge in [0.25, 0.3) is 29.4 Å². The summed E-state index contributed by atoms with van der Waals surface area (Å²) in [6, 6.07) is 11.3. The highest BCUT2D eigenvalue weighted by atomic mass is 19.1. The summed E-state index contributed by atoms with van der Waals surface area (Å²) in [5.41, 5.74) is 1.62. The van der Waals surface area contributed by atoms with Crippen molar-refractivity contribution in [2.45, 2.75) is 72.6 Å². The maximum Gasteiger partial charge on any atom is 0.292 e. The number of rotatable bonds is 8. The molecule has 0 spiro atoms. The van der Waals surface area contributed by atoms with Crippen molar-refractivity contribution in [3.63, 3.8) is 0 Å². The van der Waals surface area contributed by atoms with Crippen molar-refractivity contribution in [1.29, 1.82) is 0 Å². The van der Waals surface area contributed by atoms with Crippen LogP contribution in [0.1, 0.15) is 95.7 Å². The molecular formula is C38H46F2N6O6. The first-order valence-corrected chi connectivity index (χ1v) is 16.3. The van der Waals surface area contributed by atoms with Gasteiger partial charge in [0.15, 0.2) is 6.10 Å². The molecule has 4 amide bonds. The smallest absolute Gasteiger partial charge is 0.292 e. The summed E-state index contributed by atoms with van der Waals surface area (Å²) in [6.07, 6.45) is 1.57. The number of halogens is 2. The summed E-state index contributed by atoms with van der Waals surface area (Å²) >= 11 is 0. The Morgan fingerprint density at radius 1 is 0.673 bits per heavy atom. The molecule has 2 aromatic carbocycles. The number of anilines is 2. The number of aromatic nitrogens is 2. The number of amides is 4. The minimum atomic E-state index is -1.38. The zero-order valence-corrected chi connectivity index (χ0v) is 31.0. The average Bonchev–Trinajstić information content (AvgIpc) is 3.61. The number of ketones is 1. The van der Waals surface area contributed by atoms with Crippen LogP contribution in [0, 0.1) is 25.5 Å². The molecule has 278 valence electrons. The summed E-state index contributed by atoms with van der Waals surface area (Å²) in [4.78, 5) is 61.2. The van der Waals surface area contributed by atoms with Crippen molar-refractivity contribution in [2.75, 3.05) is 10.6 Å². The molecule has 1 atom stereocenters. The van der Waals surface area contributed by atoms with E-state index in [2.05, 4.69) is 21.3 Å². The molecule has 14 heteroatoms. The van der Waals surface area contributed by atoms with Gasteiger partial charge in [-0.3, -0.25) is 24.0 Å². The van der Waals surface area contributed by atoms with Crippen LogP contribution in [-0.2, 0) is 23.7 Å². The van der Waals surface area contributed by atoms with E-state index in [1.54, 1.807) is 48.7 Å². The summed E-state index contributed by atoms with van der Waals surface area (Å²) in [7, 11) is 3.24. The van der Waals surface area contributed by atoms with Gasteiger partial charge in [-0.1, -0.05) is 0 Å². The number of hydrogen-bond acceptors (Lipinski definition) is 6. The van der Waals surface area contributed by atoms with Crippen molar-refractivity contribution >= 4 is 40.8 Å². The predicted octanol–water partition coefficient (Wildman–Crippen LogP) is 5.50. The number of carbonyl (C=O) groups is 5. The summed E-state index contributed by atoms with van der Waals surface area (Å²) in [5, 5.41) is 20.8. The van der Waals surface area contributed by atoms with Gasteiger partial charge in [-0.2, -0.15) is 0 Å². The van der Waals surface area contributed by atoms with Crippen LogP contribution < -0.4 is 21.3 Å². The molecule has 0 saturated carbocycles. The van der Waals surface area contributed by atoms with Crippen molar-refractivity contribution in [2.24, 2.45) is 14.1 Å². The second kappa shape index (κ2) is 16.1. The van der Waals surface area contributed by atoms with E-state index in [0.717, 1.165) is 0 Å². The number of carbonyl (C=O) groups excluding carboxylic acids is 5. The van der Waals surface area contributed by atoms with Crippen LogP contribution in [0.15, 0.2) is 60.9 Å². The molecule has 5 N–H and O–H groups in total. The second-order valence-electron chi connectivity index (χ2n) is 14.5. The number of aliphatic hydroxyl groups excluding tert-OH is 1. The topological polar surface area (TPSA) is 164 Å². The molecule has 0 bridgehead atoms. The lowest BCUT2D eigenvalue weighted by molar-refractivity contribution is -0.131. The third-order valence-electron chi connectivity index (χ3n) is 7.35. The summed E-state index contributed by atoms with van der Waals surface area (Å²) < 4.78 is 29.6. The van der Waals surface area contributed by atoms with E-state index in [1.807, 2.05) is 20.8 Å². The molecule has 0 saturated heterocycles. The first-order valence-electron chi connectivity index (χ1n) is 16.3. The molecule has 1 unspecified atom stereocenters. The molecule has 12 nitrogen and oxygen atoms in total. The fraction of sp³-hybridized carbons (Fsp3) is 0.342. The highest BCUT2D eigenvalue weighted by Gasteiger charge is 2.26. The molecule has 2 heterocycles. The number of nitrogens with zero attached hydrogens (tertiary/aromatic N) is 2. The Kier molecular flexibility index (Phi) is 12.7. The number of aliphatic hydroxyl groups is 1. The van der Waals surface area contributed by atoms with E-state index in [9.17, 15) is 37.9 Å². The Morgan fingerprint density at radius 3 is 1.56 bits per heavy atom. The highest BCUT2D eigenvalue weighted by molar-refractivity contribution is 6.43. The lowest BCUT2D eigenvalue weighted by atomic mass is 10.1. The molecule has 0 aliphatic rings. The third kappa shape index (κ3) is 11.2. The van der Waals surface area contributed by atoms with Gasteiger partial charge in [-0.05, 0) is 115 Å². The third-order valence-corrected chi connectivity index (χ3v) is 7.35. The van der Waals surface area contributed by atoms with Gasteiger partial charge >= 0.3 is 0 Å². The summed E-state index contributed by atoms with van der Waals surface area (Å²) in [5.74, 6) is -3.58. The van der Waals surface area contributed by atoms with E-state index in [4.69, 9.17) is 0 Å². The van der Waals surface area contributed by atoms with Crippen molar-refractivity contribution in [3.05, 3.63) is 106 Å². The van der Waals surface area contributed by atoms with Gasteiger partial charge in [0, 0.05) is 60.1 Å². The Labute approximate surface area is 301 Å². The monoisotopic (exact) mass is 720 g/mol. The molecule has 0 fully saturated rings. The second-order valence-corrected chi connectivity index (χ2v) is 14.5. The molecular weight excluding hydrogens is 674 g/mol. The largest absolute Gasteiger partial charge is 0.378 e. The van der Waals surface area contributed by atoms with E-state index in [0.29, 0.717) is 28.1 Å². The van der Waals surface area contributed by atoms with Crippen molar-refractivity contribution in [3.8, 4) is 0 Å². The lowest BCUT2D eigenvalue weighted by Gasteiger charge is -2.22.